The smallest absolute Gasteiger partial charge is 0.200 e. The minimum absolute atomic E-state index is 0.381. The van der Waals surface area contributed by atoms with Crippen molar-refractivity contribution >= 4 is 17.5 Å². The first-order valence-corrected chi connectivity index (χ1v) is 11.9. The predicted octanol–water partition coefficient (Wildman–Crippen LogP) is 3.42. The molecule has 0 aromatic carbocycles. The van der Waals surface area contributed by atoms with Crippen molar-refractivity contribution in [2.45, 2.75) is 47.0 Å². The highest BCUT2D eigenvalue weighted by Gasteiger charge is 2.27. The van der Waals surface area contributed by atoms with E-state index in [9.17, 15) is 0 Å². The Morgan fingerprint density at radius 3 is 2.47 bits per heavy atom. The van der Waals surface area contributed by atoms with Crippen molar-refractivity contribution < 1.29 is 9.47 Å². The third kappa shape index (κ3) is 6.43. The molecule has 0 atom stereocenters. The third-order valence-corrected chi connectivity index (χ3v) is 6.79. The normalized spacial score (nSPS) is 19.9. The Morgan fingerprint density at radius 1 is 1.23 bits per heavy atom. The molecule has 1 fully saturated rings. The number of nitrogens with zero attached hydrogens (tertiary/aromatic N) is 3. The molecule has 0 saturated carbocycles. The summed E-state index contributed by atoms with van der Waals surface area (Å²) in [5.74, 6) is 1.72. The first-order chi connectivity index (χ1) is 14.4. The molecule has 0 radical (unpaired) electrons. The van der Waals surface area contributed by atoms with Crippen LogP contribution in [0.25, 0.3) is 0 Å². The first-order valence-electron chi connectivity index (χ1n) is 10.9. The van der Waals surface area contributed by atoms with Crippen LogP contribution in [0.2, 0.25) is 0 Å². The van der Waals surface area contributed by atoms with Gasteiger partial charge < -0.3 is 20.9 Å². The summed E-state index contributed by atoms with van der Waals surface area (Å²) in [5.41, 5.74) is 16.9. The van der Waals surface area contributed by atoms with Crippen LogP contribution in [0.1, 0.15) is 47.0 Å². The van der Waals surface area contributed by atoms with Gasteiger partial charge in [-0.15, -0.1) is 11.8 Å². The van der Waals surface area contributed by atoms with Crippen LogP contribution in [-0.4, -0.2) is 61.5 Å². The van der Waals surface area contributed by atoms with Gasteiger partial charge in [0.05, 0.1) is 43.2 Å². The summed E-state index contributed by atoms with van der Waals surface area (Å²) < 4.78 is 10.9. The van der Waals surface area contributed by atoms with E-state index in [0.717, 1.165) is 73.6 Å². The summed E-state index contributed by atoms with van der Waals surface area (Å²) in [6.07, 6.45) is 5.15. The van der Waals surface area contributed by atoms with E-state index in [-0.39, 0.29) is 0 Å². The van der Waals surface area contributed by atoms with E-state index in [2.05, 4.69) is 31.7 Å². The van der Waals surface area contributed by atoms with Crippen LogP contribution in [-0.2, 0) is 9.47 Å². The molecule has 0 unspecified atom stereocenters. The predicted molar refractivity (Wildman–Crippen MR) is 127 cm³/mol. The molecule has 0 spiro atoms. The van der Waals surface area contributed by atoms with E-state index in [1.165, 1.54) is 5.57 Å². The first kappa shape index (κ1) is 24.6. The number of allylic oxidation sites excluding steroid dienone is 2. The van der Waals surface area contributed by atoms with Crippen molar-refractivity contribution in [3.8, 4) is 0 Å². The topological polar surface area (TPSA) is 89.3 Å². The Hall–Kier alpha value is -1.64. The molecule has 170 valence electrons. The quantitative estimate of drug-likeness (QED) is 0.400. The van der Waals surface area contributed by atoms with Gasteiger partial charge in [0, 0.05) is 24.7 Å². The molecule has 2 heterocycles. The van der Waals surface area contributed by atoms with Crippen molar-refractivity contribution in [1.29, 1.82) is 0 Å². The highest BCUT2D eigenvalue weighted by molar-refractivity contribution is 8.03. The summed E-state index contributed by atoms with van der Waals surface area (Å²) in [7, 11) is 1.60. The SMILES string of the molecule is CC/C(N)=C(\C(SCN1CCOCC1)=C(\N)OC)N1CC(C(CC)CC)=CC(C)=N1. The highest BCUT2D eigenvalue weighted by atomic mass is 32.2. The van der Waals surface area contributed by atoms with Gasteiger partial charge in [-0.05, 0) is 43.8 Å². The van der Waals surface area contributed by atoms with Gasteiger partial charge in [-0.25, -0.2) is 0 Å². The van der Waals surface area contributed by atoms with Crippen molar-refractivity contribution in [2.75, 3.05) is 45.8 Å². The molecule has 7 nitrogen and oxygen atoms in total. The average Bonchev–Trinajstić information content (AvgIpc) is 2.76. The third-order valence-electron chi connectivity index (χ3n) is 5.61. The summed E-state index contributed by atoms with van der Waals surface area (Å²) in [6.45, 7) is 12.7. The molecule has 0 aromatic heterocycles. The molecule has 0 amide bonds. The van der Waals surface area contributed by atoms with Crippen molar-refractivity contribution in [3.05, 3.63) is 33.8 Å². The Morgan fingerprint density at radius 2 is 1.90 bits per heavy atom. The Kier molecular flexibility index (Phi) is 10.1. The zero-order valence-electron chi connectivity index (χ0n) is 19.2. The number of hydrogen-bond acceptors (Lipinski definition) is 8. The lowest BCUT2D eigenvalue weighted by Gasteiger charge is -2.33. The van der Waals surface area contributed by atoms with Crippen molar-refractivity contribution in [3.63, 3.8) is 0 Å². The number of thioether (sulfide) groups is 1. The van der Waals surface area contributed by atoms with E-state index >= 15 is 0 Å². The summed E-state index contributed by atoms with van der Waals surface area (Å²) >= 11 is 1.66. The van der Waals surface area contributed by atoms with Gasteiger partial charge >= 0.3 is 0 Å². The molecule has 2 aliphatic heterocycles. The van der Waals surface area contributed by atoms with Gasteiger partial charge in [0.25, 0.3) is 0 Å². The van der Waals surface area contributed by atoms with Crippen LogP contribution in [0.3, 0.4) is 0 Å². The second-order valence-corrected chi connectivity index (χ2v) is 8.62. The fraction of sp³-hybridized carbons (Fsp3) is 0.682. The van der Waals surface area contributed by atoms with Gasteiger partial charge in [0.1, 0.15) is 0 Å². The van der Waals surface area contributed by atoms with E-state index in [0.29, 0.717) is 18.2 Å². The number of morpholine rings is 1. The molecule has 30 heavy (non-hydrogen) atoms. The molecule has 4 N–H and O–H groups in total. The highest BCUT2D eigenvalue weighted by Crippen LogP contribution is 2.35. The van der Waals surface area contributed by atoms with Crippen LogP contribution in [0.5, 0.6) is 0 Å². The van der Waals surface area contributed by atoms with Crippen LogP contribution in [0, 0.1) is 5.92 Å². The second kappa shape index (κ2) is 12.3. The average molecular weight is 438 g/mol. The van der Waals surface area contributed by atoms with Crippen molar-refractivity contribution in [2.24, 2.45) is 22.5 Å². The largest absolute Gasteiger partial charge is 0.482 e. The molecule has 0 bridgehead atoms. The maximum Gasteiger partial charge on any atom is 0.200 e. The summed E-state index contributed by atoms with van der Waals surface area (Å²) in [4.78, 5) is 3.21. The summed E-state index contributed by atoms with van der Waals surface area (Å²) in [5, 5.41) is 6.85. The second-order valence-electron chi connectivity index (χ2n) is 7.66. The van der Waals surface area contributed by atoms with Gasteiger partial charge in [0.2, 0.25) is 0 Å². The van der Waals surface area contributed by atoms with Gasteiger partial charge in [0.15, 0.2) is 5.88 Å². The van der Waals surface area contributed by atoms with Gasteiger partial charge in [-0.2, -0.15) is 5.10 Å². The monoisotopic (exact) mass is 437 g/mol. The minimum atomic E-state index is 0.381. The van der Waals surface area contributed by atoms with E-state index in [1.807, 2.05) is 11.9 Å². The maximum atomic E-state index is 6.54. The molecule has 2 rings (SSSR count). The fourth-order valence-electron chi connectivity index (χ4n) is 3.76. The van der Waals surface area contributed by atoms with Gasteiger partial charge in [-0.3, -0.25) is 9.91 Å². The lowest BCUT2D eigenvalue weighted by Crippen LogP contribution is -2.36. The number of rotatable bonds is 10. The zero-order valence-corrected chi connectivity index (χ0v) is 20.1. The van der Waals surface area contributed by atoms with Crippen LogP contribution < -0.4 is 11.5 Å². The Balaban J connectivity index is 2.35. The van der Waals surface area contributed by atoms with Crippen LogP contribution in [0.4, 0.5) is 0 Å². The summed E-state index contributed by atoms with van der Waals surface area (Å²) in [6, 6.07) is 0. The van der Waals surface area contributed by atoms with Crippen LogP contribution >= 0.6 is 11.8 Å². The number of hydrogen-bond donors (Lipinski definition) is 2. The molecule has 8 heteroatoms. The molecular weight excluding hydrogens is 398 g/mol. The molecule has 2 aliphatic rings. The Bertz CT molecular complexity index is 692. The lowest BCUT2D eigenvalue weighted by molar-refractivity contribution is 0.0474. The standard InChI is InChI=1S/C22H39N5O2S/c1-6-17(7-2)18-13-16(4)25-27(14-18)20(19(23)8-3)21(22(24)28-5)30-15-26-9-11-29-12-10-26/h13,17H,6-12,14-15,23-24H2,1-5H3/b20-19-,22-21+. The number of nitrogens with two attached hydrogens (primary N) is 2. The van der Waals surface area contributed by atoms with Crippen LogP contribution in [0.15, 0.2) is 38.9 Å². The molecule has 1 saturated heterocycles. The number of hydrazone groups is 1. The van der Waals surface area contributed by atoms with Gasteiger partial charge in [-0.1, -0.05) is 20.8 Å². The Labute approximate surface area is 186 Å². The van der Waals surface area contributed by atoms with Crippen molar-refractivity contribution in [1.82, 2.24) is 9.91 Å². The molecule has 0 aliphatic carbocycles. The van der Waals surface area contributed by atoms with E-state index in [1.54, 1.807) is 18.9 Å². The lowest BCUT2D eigenvalue weighted by atomic mass is 9.91. The number of ether oxygens (including phenoxy) is 2. The van der Waals surface area contributed by atoms with E-state index in [4.69, 9.17) is 26.0 Å². The minimum Gasteiger partial charge on any atom is -0.482 e. The fourth-order valence-corrected chi connectivity index (χ4v) is 4.93. The maximum absolute atomic E-state index is 6.54. The zero-order chi connectivity index (χ0) is 22.1. The molecular formula is C22H39N5O2S. The number of methoxy groups -OCH3 is 1. The van der Waals surface area contributed by atoms with E-state index < -0.39 is 0 Å². The molecule has 0 aromatic rings.